The van der Waals surface area contributed by atoms with Gasteiger partial charge in [0, 0.05) is 28.9 Å². The molecule has 0 unspecified atom stereocenters. The molecule has 2 N–H and O–H groups in total. The number of aryl methyl sites for hydroxylation is 1. The number of rotatable bonds is 4. The molecule has 0 heterocycles. The topological polar surface area (TPSA) is 84.3 Å². The summed E-state index contributed by atoms with van der Waals surface area (Å²) in [5, 5.41) is 16.7. The molecule has 2 aromatic rings. The molecule has 0 aromatic heterocycles. The van der Waals surface area contributed by atoms with E-state index < -0.39 is 10.8 Å². The van der Waals surface area contributed by atoms with Crippen LogP contribution < -0.4 is 10.6 Å². The lowest BCUT2D eigenvalue weighted by atomic mass is 10.2. The van der Waals surface area contributed by atoms with Crippen LogP contribution in [0, 0.1) is 17.0 Å². The summed E-state index contributed by atoms with van der Waals surface area (Å²) < 4.78 is 0. The van der Waals surface area contributed by atoms with Crippen LogP contribution in [-0.4, -0.2) is 15.9 Å². The second-order valence-corrected chi connectivity index (χ2v) is 5.90. The van der Waals surface area contributed by atoms with Crippen molar-refractivity contribution in [1.82, 2.24) is 5.32 Å². The number of nitro benzene ring substituents is 1. The predicted octanol–water partition coefficient (Wildman–Crippen LogP) is 4.08. The van der Waals surface area contributed by atoms with Gasteiger partial charge in [-0.15, -0.1) is 0 Å². The number of carbonyl (C=O) groups excluding carboxylic acids is 1. The fourth-order valence-electron chi connectivity index (χ4n) is 1.87. The van der Waals surface area contributed by atoms with E-state index in [1.165, 1.54) is 24.3 Å². The van der Waals surface area contributed by atoms with Gasteiger partial charge in [0.1, 0.15) is 0 Å². The molecule has 2 aromatic carbocycles. The molecule has 0 saturated carbocycles. The Morgan fingerprint density at radius 3 is 2.52 bits per heavy atom. The quantitative estimate of drug-likeness (QED) is 0.364. The number of halogens is 1. The van der Waals surface area contributed by atoms with Gasteiger partial charge in [-0.1, -0.05) is 17.7 Å². The number of nitrogens with zero attached hydrogens (tertiary/aromatic N) is 1. The highest BCUT2D eigenvalue weighted by molar-refractivity contribution is 7.80. The number of nitrogens with one attached hydrogen (secondary N) is 2. The number of hydrogen-bond donors (Lipinski definition) is 2. The molecular formula is C17H14ClN3O3S. The van der Waals surface area contributed by atoms with Crippen LogP contribution >= 0.6 is 23.8 Å². The molecule has 0 bridgehead atoms. The van der Waals surface area contributed by atoms with Crippen LogP contribution in [0.25, 0.3) is 6.08 Å². The van der Waals surface area contributed by atoms with Crippen molar-refractivity contribution < 1.29 is 9.72 Å². The van der Waals surface area contributed by atoms with Crippen LogP contribution in [0.2, 0.25) is 5.02 Å². The van der Waals surface area contributed by atoms with Gasteiger partial charge in [-0.05, 0) is 60.6 Å². The van der Waals surface area contributed by atoms with Gasteiger partial charge >= 0.3 is 0 Å². The highest BCUT2D eigenvalue weighted by atomic mass is 35.5. The Labute approximate surface area is 154 Å². The Kier molecular flexibility index (Phi) is 6.21. The Morgan fingerprint density at radius 1 is 1.24 bits per heavy atom. The summed E-state index contributed by atoms with van der Waals surface area (Å²) >= 11 is 11.1. The highest BCUT2D eigenvalue weighted by Gasteiger charge is 2.05. The SMILES string of the molecule is Cc1ccc(NC(=S)NC(=O)/C=C/c2ccc([N+](=O)[O-])cc2)cc1Cl. The van der Waals surface area contributed by atoms with Gasteiger partial charge in [0.2, 0.25) is 5.91 Å². The minimum absolute atomic E-state index is 0.0104. The van der Waals surface area contributed by atoms with Crippen molar-refractivity contribution in [2.45, 2.75) is 6.92 Å². The molecule has 8 heteroatoms. The molecular weight excluding hydrogens is 362 g/mol. The van der Waals surface area contributed by atoms with Crippen molar-refractivity contribution in [3.8, 4) is 0 Å². The van der Waals surface area contributed by atoms with Gasteiger partial charge in [-0.2, -0.15) is 0 Å². The van der Waals surface area contributed by atoms with Gasteiger partial charge in [0.15, 0.2) is 5.11 Å². The number of carbonyl (C=O) groups is 1. The van der Waals surface area contributed by atoms with E-state index in [9.17, 15) is 14.9 Å². The number of amides is 1. The minimum atomic E-state index is -0.484. The summed E-state index contributed by atoms with van der Waals surface area (Å²) in [6.45, 7) is 1.88. The monoisotopic (exact) mass is 375 g/mol. The van der Waals surface area contributed by atoms with E-state index in [-0.39, 0.29) is 10.8 Å². The fraction of sp³-hybridized carbons (Fsp3) is 0.0588. The third-order valence-corrected chi connectivity index (χ3v) is 3.81. The first-order chi connectivity index (χ1) is 11.8. The van der Waals surface area contributed by atoms with Crippen LogP contribution in [0.1, 0.15) is 11.1 Å². The Bertz CT molecular complexity index is 851. The van der Waals surface area contributed by atoms with Gasteiger partial charge in [-0.3, -0.25) is 20.2 Å². The molecule has 128 valence electrons. The zero-order valence-corrected chi connectivity index (χ0v) is 14.7. The van der Waals surface area contributed by atoms with Crippen LogP contribution in [0.3, 0.4) is 0 Å². The van der Waals surface area contributed by atoms with Gasteiger partial charge in [0.25, 0.3) is 5.69 Å². The van der Waals surface area contributed by atoms with E-state index in [2.05, 4.69) is 10.6 Å². The first-order valence-electron chi connectivity index (χ1n) is 7.16. The van der Waals surface area contributed by atoms with Crippen LogP contribution in [0.15, 0.2) is 48.5 Å². The van der Waals surface area contributed by atoms with Crippen LogP contribution in [0.5, 0.6) is 0 Å². The fourth-order valence-corrected chi connectivity index (χ4v) is 2.26. The molecule has 25 heavy (non-hydrogen) atoms. The molecule has 2 rings (SSSR count). The Morgan fingerprint density at radius 2 is 1.92 bits per heavy atom. The van der Waals surface area contributed by atoms with E-state index in [1.54, 1.807) is 24.3 Å². The van der Waals surface area contributed by atoms with Crippen molar-refractivity contribution in [1.29, 1.82) is 0 Å². The first-order valence-corrected chi connectivity index (χ1v) is 7.94. The van der Waals surface area contributed by atoms with Crippen LogP contribution in [0.4, 0.5) is 11.4 Å². The van der Waals surface area contributed by atoms with E-state index >= 15 is 0 Å². The molecule has 0 aliphatic carbocycles. The molecule has 0 aliphatic heterocycles. The zero-order valence-electron chi connectivity index (χ0n) is 13.2. The maximum Gasteiger partial charge on any atom is 0.269 e. The maximum atomic E-state index is 11.9. The van der Waals surface area contributed by atoms with E-state index in [0.717, 1.165) is 5.56 Å². The van der Waals surface area contributed by atoms with E-state index in [4.69, 9.17) is 23.8 Å². The molecule has 1 amide bonds. The average Bonchev–Trinajstić information content (AvgIpc) is 2.56. The third-order valence-electron chi connectivity index (χ3n) is 3.20. The second-order valence-electron chi connectivity index (χ2n) is 5.09. The van der Waals surface area contributed by atoms with Gasteiger partial charge < -0.3 is 5.32 Å². The molecule has 0 spiro atoms. The lowest BCUT2D eigenvalue weighted by Crippen LogP contribution is -2.32. The van der Waals surface area contributed by atoms with E-state index in [0.29, 0.717) is 16.3 Å². The summed E-state index contributed by atoms with van der Waals surface area (Å²) in [6, 6.07) is 11.2. The number of benzene rings is 2. The largest absolute Gasteiger partial charge is 0.332 e. The smallest absolute Gasteiger partial charge is 0.269 e. The molecule has 0 aliphatic rings. The third kappa shape index (κ3) is 5.66. The highest BCUT2D eigenvalue weighted by Crippen LogP contribution is 2.19. The summed E-state index contributed by atoms with van der Waals surface area (Å²) in [5.74, 6) is -0.422. The van der Waals surface area contributed by atoms with E-state index in [1.807, 2.05) is 13.0 Å². The lowest BCUT2D eigenvalue weighted by Gasteiger charge is -2.09. The average molecular weight is 376 g/mol. The van der Waals surface area contributed by atoms with Crippen molar-refractivity contribution in [2.75, 3.05) is 5.32 Å². The standard InChI is InChI=1S/C17H14ClN3O3S/c1-11-2-6-13(10-15(11)18)19-17(25)20-16(22)9-5-12-3-7-14(8-4-12)21(23)24/h2-10H,1H3,(H2,19,20,22,25)/b9-5+. The number of hydrogen-bond acceptors (Lipinski definition) is 4. The summed E-state index contributed by atoms with van der Waals surface area (Å²) in [6.07, 6.45) is 2.82. The molecule has 0 saturated heterocycles. The maximum absolute atomic E-state index is 11.9. The predicted molar refractivity (Wildman–Crippen MR) is 103 cm³/mol. The van der Waals surface area contributed by atoms with Gasteiger partial charge in [0.05, 0.1) is 4.92 Å². The number of anilines is 1. The summed E-state index contributed by atoms with van der Waals surface area (Å²) in [5.41, 5.74) is 2.25. The van der Waals surface area contributed by atoms with Crippen molar-refractivity contribution in [3.05, 3.63) is 74.8 Å². The summed E-state index contributed by atoms with van der Waals surface area (Å²) in [7, 11) is 0. The zero-order chi connectivity index (χ0) is 18.4. The number of non-ortho nitro benzene ring substituents is 1. The molecule has 0 atom stereocenters. The van der Waals surface area contributed by atoms with Crippen LogP contribution in [-0.2, 0) is 4.79 Å². The molecule has 6 nitrogen and oxygen atoms in total. The minimum Gasteiger partial charge on any atom is -0.332 e. The normalized spacial score (nSPS) is 10.5. The summed E-state index contributed by atoms with van der Waals surface area (Å²) in [4.78, 5) is 22.0. The lowest BCUT2D eigenvalue weighted by molar-refractivity contribution is -0.384. The Hall–Kier alpha value is -2.77. The van der Waals surface area contributed by atoms with Crippen molar-refractivity contribution in [2.24, 2.45) is 0 Å². The first kappa shape index (κ1) is 18.6. The van der Waals surface area contributed by atoms with Gasteiger partial charge in [-0.25, -0.2) is 0 Å². The second kappa shape index (κ2) is 8.36. The number of thiocarbonyl (C=S) groups is 1. The number of nitro groups is 1. The van der Waals surface area contributed by atoms with Crippen molar-refractivity contribution in [3.63, 3.8) is 0 Å². The Balaban J connectivity index is 1.91. The van der Waals surface area contributed by atoms with Crippen molar-refractivity contribution >= 4 is 52.3 Å². The molecule has 0 fully saturated rings. The molecule has 0 radical (unpaired) electrons.